The van der Waals surface area contributed by atoms with E-state index in [-0.39, 0.29) is 34.9 Å². The summed E-state index contributed by atoms with van der Waals surface area (Å²) >= 11 is 6.25. The van der Waals surface area contributed by atoms with Gasteiger partial charge in [-0.05, 0) is 42.5 Å². The zero-order valence-corrected chi connectivity index (χ0v) is 20.0. The van der Waals surface area contributed by atoms with Crippen molar-refractivity contribution in [1.29, 1.82) is 0 Å². The van der Waals surface area contributed by atoms with E-state index in [4.69, 9.17) is 16.0 Å². The van der Waals surface area contributed by atoms with Crippen LogP contribution >= 0.6 is 11.6 Å². The minimum absolute atomic E-state index is 0.123. The molecule has 0 aliphatic carbocycles. The van der Waals surface area contributed by atoms with Gasteiger partial charge in [0.2, 0.25) is 0 Å². The Morgan fingerprint density at radius 1 is 1.03 bits per heavy atom. The first-order chi connectivity index (χ1) is 17.4. The van der Waals surface area contributed by atoms with Crippen LogP contribution in [0.1, 0.15) is 33.3 Å². The third kappa shape index (κ3) is 4.32. The first kappa shape index (κ1) is 23.3. The molecular formula is C28H20ClN3O4. The lowest BCUT2D eigenvalue weighted by Crippen LogP contribution is -2.30. The molecule has 0 atom stereocenters. The number of carbonyl (C=O) groups excluding carboxylic acids is 2. The van der Waals surface area contributed by atoms with Crippen molar-refractivity contribution in [1.82, 2.24) is 14.9 Å². The van der Waals surface area contributed by atoms with Crippen LogP contribution < -0.4 is 10.7 Å². The predicted octanol–water partition coefficient (Wildman–Crippen LogP) is 5.43. The summed E-state index contributed by atoms with van der Waals surface area (Å²) < 4.78 is 7.00. The summed E-state index contributed by atoms with van der Waals surface area (Å²) in [6.07, 6.45) is 2.92. The van der Waals surface area contributed by atoms with E-state index in [1.165, 1.54) is 13.3 Å². The van der Waals surface area contributed by atoms with Gasteiger partial charge in [0.05, 0.1) is 17.4 Å². The van der Waals surface area contributed by atoms with Crippen molar-refractivity contribution in [3.63, 3.8) is 0 Å². The highest BCUT2D eigenvalue weighted by Crippen LogP contribution is 2.25. The molecule has 2 aromatic heterocycles. The van der Waals surface area contributed by atoms with Crippen molar-refractivity contribution in [3.05, 3.63) is 117 Å². The van der Waals surface area contributed by atoms with Gasteiger partial charge in [-0.15, -0.1) is 0 Å². The molecule has 2 heterocycles. The van der Waals surface area contributed by atoms with E-state index in [1.54, 1.807) is 53.2 Å². The number of hydrogen-bond donors (Lipinski definition) is 1. The molecule has 1 amide bonds. The quantitative estimate of drug-likeness (QED) is 0.316. The van der Waals surface area contributed by atoms with Crippen LogP contribution in [-0.4, -0.2) is 21.2 Å². The van der Waals surface area contributed by atoms with Gasteiger partial charge in [0.15, 0.2) is 23.4 Å². The Hall–Kier alpha value is -4.49. The lowest BCUT2D eigenvalue weighted by atomic mass is 10.0. The monoisotopic (exact) mass is 497 g/mol. The first-order valence-corrected chi connectivity index (χ1v) is 11.5. The molecule has 5 aromatic rings. The maximum Gasteiger partial charge on any atom is 0.251 e. The van der Waals surface area contributed by atoms with E-state index in [0.29, 0.717) is 32.9 Å². The number of pyridine rings is 1. The standard InChI is InChI=1S/C28H20ClN3O4/c1-17(33)26-23(14-31-28(35)19-9-7-18(8-10-19)25-15-30-16-36-25)27(34)22-12-11-20(29)13-24(22)32(26)21-5-3-2-4-6-21/h2-13,15-16H,14H2,1H3,(H,31,35). The molecule has 0 aliphatic heterocycles. The summed E-state index contributed by atoms with van der Waals surface area (Å²) in [4.78, 5) is 43.2. The number of oxazole rings is 1. The highest BCUT2D eigenvalue weighted by atomic mass is 35.5. The van der Waals surface area contributed by atoms with Gasteiger partial charge in [-0.25, -0.2) is 4.98 Å². The van der Waals surface area contributed by atoms with Crippen molar-refractivity contribution in [2.24, 2.45) is 0 Å². The lowest BCUT2D eigenvalue weighted by Gasteiger charge is -2.19. The Bertz CT molecular complexity index is 1640. The van der Waals surface area contributed by atoms with Gasteiger partial charge in [-0.2, -0.15) is 0 Å². The molecule has 0 bridgehead atoms. The fourth-order valence-corrected chi connectivity index (χ4v) is 4.37. The van der Waals surface area contributed by atoms with Crippen molar-refractivity contribution >= 4 is 34.2 Å². The molecule has 7 nitrogen and oxygen atoms in total. The second kappa shape index (κ2) is 9.64. The van der Waals surface area contributed by atoms with Crippen LogP contribution in [0.4, 0.5) is 0 Å². The zero-order chi connectivity index (χ0) is 25.2. The number of carbonyl (C=O) groups is 2. The molecule has 0 saturated carbocycles. The van der Waals surface area contributed by atoms with E-state index in [2.05, 4.69) is 10.3 Å². The van der Waals surface area contributed by atoms with Crippen molar-refractivity contribution in [2.45, 2.75) is 13.5 Å². The highest BCUT2D eigenvalue weighted by Gasteiger charge is 2.22. The average Bonchev–Trinajstić information content (AvgIpc) is 3.43. The third-order valence-corrected chi connectivity index (χ3v) is 6.10. The summed E-state index contributed by atoms with van der Waals surface area (Å²) in [6.45, 7) is 1.28. The topological polar surface area (TPSA) is 94.2 Å². The third-order valence-electron chi connectivity index (χ3n) is 5.87. The number of benzene rings is 3. The Balaban J connectivity index is 1.55. The first-order valence-electron chi connectivity index (χ1n) is 11.1. The van der Waals surface area contributed by atoms with Gasteiger partial charge < -0.3 is 14.3 Å². The molecule has 178 valence electrons. The number of aromatic nitrogens is 2. The number of amides is 1. The van der Waals surface area contributed by atoms with E-state index in [9.17, 15) is 14.4 Å². The largest absolute Gasteiger partial charge is 0.444 e. The molecule has 36 heavy (non-hydrogen) atoms. The molecule has 0 spiro atoms. The molecular weight excluding hydrogens is 478 g/mol. The predicted molar refractivity (Wildman–Crippen MR) is 138 cm³/mol. The molecule has 1 N–H and O–H groups in total. The summed E-state index contributed by atoms with van der Waals surface area (Å²) in [7, 11) is 0. The van der Waals surface area contributed by atoms with E-state index >= 15 is 0 Å². The molecule has 0 fully saturated rings. The van der Waals surface area contributed by atoms with Gasteiger partial charge in [0.1, 0.15) is 0 Å². The molecule has 0 aliphatic rings. The molecule has 8 heteroatoms. The van der Waals surface area contributed by atoms with Crippen molar-refractivity contribution in [3.8, 4) is 17.0 Å². The van der Waals surface area contributed by atoms with Gasteiger partial charge >= 0.3 is 0 Å². The van der Waals surface area contributed by atoms with Gasteiger partial charge in [-0.1, -0.05) is 41.9 Å². The maximum absolute atomic E-state index is 13.5. The van der Waals surface area contributed by atoms with E-state index in [0.717, 1.165) is 5.56 Å². The van der Waals surface area contributed by atoms with Crippen molar-refractivity contribution < 1.29 is 14.0 Å². The summed E-state index contributed by atoms with van der Waals surface area (Å²) in [5.41, 5.74) is 2.46. The Kier molecular flexibility index (Phi) is 6.23. The SMILES string of the molecule is CC(=O)c1c(CNC(=O)c2ccc(-c3cnco3)cc2)c(=O)c2ccc(Cl)cc2n1-c1ccccc1. The smallest absolute Gasteiger partial charge is 0.251 e. The number of hydrogen-bond acceptors (Lipinski definition) is 5. The molecule has 5 rings (SSSR count). The van der Waals surface area contributed by atoms with E-state index in [1.807, 2.05) is 30.3 Å². The number of rotatable bonds is 6. The fraction of sp³-hybridized carbons (Fsp3) is 0.0714. The van der Waals surface area contributed by atoms with Crippen LogP contribution in [0.2, 0.25) is 5.02 Å². The number of para-hydroxylation sites is 1. The Labute approximate surface area is 211 Å². The molecule has 0 saturated heterocycles. The van der Waals surface area contributed by atoms with Crippen LogP contribution in [0.5, 0.6) is 0 Å². The minimum atomic E-state index is -0.379. The zero-order valence-electron chi connectivity index (χ0n) is 19.2. The minimum Gasteiger partial charge on any atom is -0.444 e. The van der Waals surface area contributed by atoms with Crippen LogP contribution in [0.3, 0.4) is 0 Å². The summed E-state index contributed by atoms with van der Waals surface area (Å²) in [5, 5.41) is 3.63. The number of halogens is 1. The summed E-state index contributed by atoms with van der Waals surface area (Å²) in [5.74, 6) is -0.0974. The molecule has 0 unspecified atom stereocenters. The number of ketones is 1. The van der Waals surface area contributed by atoms with Gasteiger partial charge in [0, 0.05) is 46.3 Å². The maximum atomic E-state index is 13.5. The van der Waals surface area contributed by atoms with Crippen molar-refractivity contribution in [2.75, 3.05) is 0 Å². The average molecular weight is 498 g/mol. The second-order valence-electron chi connectivity index (χ2n) is 8.17. The molecule has 0 radical (unpaired) electrons. The number of nitrogens with one attached hydrogen (secondary N) is 1. The van der Waals surface area contributed by atoms with Gasteiger partial charge in [0.25, 0.3) is 5.91 Å². The molecule has 3 aromatic carbocycles. The highest BCUT2D eigenvalue weighted by molar-refractivity contribution is 6.31. The fourth-order valence-electron chi connectivity index (χ4n) is 4.20. The number of nitrogens with zero attached hydrogens (tertiary/aromatic N) is 2. The van der Waals surface area contributed by atoms with Crippen LogP contribution in [0.15, 0.2) is 94.6 Å². The second-order valence-corrected chi connectivity index (χ2v) is 8.61. The normalized spacial score (nSPS) is 10.9. The lowest BCUT2D eigenvalue weighted by molar-refractivity contribution is 0.0946. The Morgan fingerprint density at radius 3 is 2.44 bits per heavy atom. The summed E-state index contributed by atoms with van der Waals surface area (Å²) in [6, 6.07) is 21.0. The van der Waals surface area contributed by atoms with Crippen LogP contribution in [0.25, 0.3) is 27.9 Å². The Morgan fingerprint density at radius 2 is 1.78 bits per heavy atom. The van der Waals surface area contributed by atoms with Crippen LogP contribution in [-0.2, 0) is 6.54 Å². The van der Waals surface area contributed by atoms with Gasteiger partial charge in [-0.3, -0.25) is 14.4 Å². The number of Topliss-reactive ketones (excluding diaryl/α,β-unsaturated/α-hetero) is 1. The van der Waals surface area contributed by atoms with Crippen LogP contribution in [0, 0.1) is 0 Å². The van der Waals surface area contributed by atoms with E-state index < -0.39 is 0 Å². The number of fused-ring (bicyclic) bond motifs is 1.